The van der Waals surface area contributed by atoms with E-state index in [4.69, 9.17) is 4.74 Å². The summed E-state index contributed by atoms with van der Waals surface area (Å²) in [5.41, 5.74) is 1.53. The lowest BCUT2D eigenvalue weighted by Gasteiger charge is -2.20. The number of hydrogen-bond donors (Lipinski definition) is 2. The fourth-order valence-corrected chi connectivity index (χ4v) is 2.41. The summed E-state index contributed by atoms with van der Waals surface area (Å²) in [6.45, 7) is 3.91. The van der Waals surface area contributed by atoms with Crippen molar-refractivity contribution in [2.24, 2.45) is 0 Å². The number of amides is 1. The van der Waals surface area contributed by atoms with E-state index < -0.39 is 17.7 Å². The molecular weight excluding hydrogens is 326 g/mol. The number of methoxy groups -OCH3 is 1. The van der Waals surface area contributed by atoms with Crippen LogP contribution in [0.4, 0.5) is 8.78 Å². The third-order valence-corrected chi connectivity index (χ3v) is 3.96. The summed E-state index contributed by atoms with van der Waals surface area (Å²) in [6.07, 6.45) is 0. The molecule has 0 fully saturated rings. The van der Waals surface area contributed by atoms with Gasteiger partial charge < -0.3 is 10.1 Å². The van der Waals surface area contributed by atoms with Gasteiger partial charge in [0.25, 0.3) is 0 Å². The largest absolute Gasteiger partial charge is 0.497 e. The summed E-state index contributed by atoms with van der Waals surface area (Å²) in [6, 6.07) is 10.3. The van der Waals surface area contributed by atoms with Gasteiger partial charge in [0.1, 0.15) is 5.75 Å². The molecule has 0 aliphatic heterocycles. The minimum atomic E-state index is -0.900. The molecule has 0 radical (unpaired) electrons. The lowest BCUT2D eigenvalue weighted by molar-refractivity contribution is -0.123. The van der Waals surface area contributed by atoms with Crippen molar-refractivity contribution in [3.8, 4) is 5.75 Å². The fraction of sp³-hybridized carbons (Fsp3) is 0.316. The van der Waals surface area contributed by atoms with Crippen LogP contribution in [0, 0.1) is 11.6 Å². The van der Waals surface area contributed by atoms with Crippen molar-refractivity contribution in [3.05, 3.63) is 65.2 Å². The van der Waals surface area contributed by atoms with E-state index >= 15 is 0 Å². The molecule has 2 atom stereocenters. The van der Waals surface area contributed by atoms with Gasteiger partial charge in [0.15, 0.2) is 11.6 Å². The molecule has 25 heavy (non-hydrogen) atoms. The van der Waals surface area contributed by atoms with Gasteiger partial charge in [0.2, 0.25) is 5.91 Å². The van der Waals surface area contributed by atoms with Crippen molar-refractivity contribution in [1.82, 2.24) is 10.6 Å². The Kier molecular flexibility index (Phi) is 6.47. The lowest BCUT2D eigenvalue weighted by atomic mass is 10.1. The Labute approximate surface area is 146 Å². The van der Waals surface area contributed by atoms with E-state index in [1.54, 1.807) is 21.0 Å². The molecule has 2 aromatic rings. The molecule has 0 aliphatic rings. The van der Waals surface area contributed by atoms with E-state index in [1.807, 2.05) is 24.3 Å². The second-order valence-electron chi connectivity index (χ2n) is 5.85. The first-order valence-corrected chi connectivity index (χ1v) is 8.02. The zero-order chi connectivity index (χ0) is 18.4. The molecule has 6 heteroatoms. The molecule has 0 spiro atoms. The second-order valence-corrected chi connectivity index (χ2v) is 5.85. The number of ether oxygens (including phenoxy) is 1. The Morgan fingerprint density at radius 1 is 1.08 bits per heavy atom. The minimum Gasteiger partial charge on any atom is -0.497 e. The van der Waals surface area contributed by atoms with Crippen molar-refractivity contribution < 1.29 is 18.3 Å². The monoisotopic (exact) mass is 348 g/mol. The molecule has 134 valence electrons. The summed E-state index contributed by atoms with van der Waals surface area (Å²) in [5, 5.41) is 5.91. The molecule has 2 aromatic carbocycles. The third kappa shape index (κ3) is 5.26. The number of carbonyl (C=O) groups is 1. The number of nitrogens with one attached hydrogen (secondary N) is 2. The number of rotatable bonds is 7. The molecule has 0 aliphatic carbocycles. The Morgan fingerprint density at radius 2 is 1.76 bits per heavy atom. The second kappa shape index (κ2) is 8.58. The first-order valence-electron chi connectivity index (χ1n) is 8.02. The molecule has 0 saturated carbocycles. The summed E-state index contributed by atoms with van der Waals surface area (Å²) >= 11 is 0. The Hall–Kier alpha value is -2.47. The van der Waals surface area contributed by atoms with Crippen LogP contribution in [0.2, 0.25) is 0 Å². The number of halogens is 2. The maximum atomic E-state index is 13.3. The van der Waals surface area contributed by atoms with Gasteiger partial charge >= 0.3 is 0 Å². The SMILES string of the molecule is COc1ccc(CNC(=O)[C@@H](C)N[C@@H](C)c2ccc(F)c(F)c2)cc1. The minimum absolute atomic E-state index is 0.176. The molecule has 0 saturated heterocycles. The van der Waals surface area contributed by atoms with Crippen molar-refractivity contribution in [1.29, 1.82) is 0 Å². The molecule has 2 N–H and O–H groups in total. The van der Waals surface area contributed by atoms with Gasteiger partial charge in [0.05, 0.1) is 13.2 Å². The maximum absolute atomic E-state index is 13.3. The molecule has 4 nitrogen and oxygen atoms in total. The molecule has 1 amide bonds. The van der Waals surface area contributed by atoms with Crippen LogP contribution in [0.1, 0.15) is 31.0 Å². The van der Waals surface area contributed by atoms with Crippen LogP contribution in [0.15, 0.2) is 42.5 Å². The van der Waals surface area contributed by atoms with Crippen LogP contribution in [0.3, 0.4) is 0 Å². The summed E-state index contributed by atoms with van der Waals surface area (Å²) < 4.78 is 31.4. The fourth-order valence-electron chi connectivity index (χ4n) is 2.41. The lowest BCUT2D eigenvalue weighted by Crippen LogP contribution is -2.42. The normalized spacial score (nSPS) is 13.2. The Morgan fingerprint density at radius 3 is 2.36 bits per heavy atom. The van der Waals surface area contributed by atoms with Crippen LogP contribution in [0.25, 0.3) is 0 Å². The van der Waals surface area contributed by atoms with Gasteiger partial charge in [-0.1, -0.05) is 18.2 Å². The number of carbonyl (C=O) groups excluding carboxylic acids is 1. The first-order chi connectivity index (χ1) is 11.9. The average molecular weight is 348 g/mol. The van der Waals surface area contributed by atoms with Gasteiger partial charge in [-0.3, -0.25) is 10.1 Å². The summed E-state index contributed by atoms with van der Waals surface area (Å²) in [5.74, 6) is -1.21. The highest BCUT2D eigenvalue weighted by Gasteiger charge is 2.17. The van der Waals surface area contributed by atoms with Crippen LogP contribution in [-0.4, -0.2) is 19.1 Å². The topological polar surface area (TPSA) is 50.4 Å². The van der Waals surface area contributed by atoms with Gasteiger partial charge in [-0.15, -0.1) is 0 Å². The van der Waals surface area contributed by atoms with Crippen LogP contribution >= 0.6 is 0 Å². The van der Waals surface area contributed by atoms with Crippen molar-refractivity contribution in [2.45, 2.75) is 32.5 Å². The zero-order valence-corrected chi connectivity index (χ0v) is 14.5. The smallest absolute Gasteiger partial charge is 0.237 e. The molecule has 2 rings (SSSR count). The highest BCUT2D eigenvalue weighted by atomic mass is 19.2. The van der Waals surface area contributed by atoms with E-state index in [0.29, 0.717) is 12.1 Å². The van der Waals surface area contributed by atoms with Gasteiger partial charge in [-0.05, 0) is 49.2 Å². The first kappa shape index (κ1) is 18.9. The molecule has 0 bridgehead atoms. The van der Waals surface area contributed by atoms with Crippen molar-refractivity contribution >= 4 is 5.91 Å². The van der Waals surface area contributed by atoms with Crippen LogP contribution in [-0.2, 0) is 11.3 Å². The standard InChI is InChI=1S/C19H22F2N2O2/c1-12(15-6-9-17(20)18(21)10-15)23-13(2)19(24)22-11-14-4-7-16(25-3)8-5-14/h4-10,12-13,23H,11H2,1-3H3,(H,22,24)/t12-,13+/m0/s1. The van der Waals surface area contributed by atoms with E-state index in [-0.39, 0.29) is 11.9 Å². The number of benzene rings is 2. The number of hydrogen-bond acceptors (Lipinski definition) is 3. The predicted molar refractivity (Wildman–Crippen MR) is 92.2 cm³/mol. The molecule has 0 heterocycles. The quantitative estimate of drug-likeness (QED) is 0.807. The van der Waals surface area contributed by atoms with E-state index in [0.717, 1.165) is 23.4 Å². The van der Waals surface area contributed by atoms with Crippen molar-refractivity contribution in [2.75, 3.05) is 7.11 Å². The van der Waals surface area contributed by atoms with E-state index in [9.17, 15) is 13.6 Å². The van der Waals surface area contributed by atoms with Gasteiger partial charge in [-0.25, -0.2) is 8.78 Å². The van der Waals surface area contributed by atoms with E-state index in [1.165, 1.54) is 6.07 Å². The maximum Gasteiger partial charge on any atom is 0.237 e. The predicted octanol–water partition coefficient (Wildman–Crippen LogP) is 3.33. The average Bonchev–Trinajstić information content (AvgIpc) is 2.62. The Bertz CT molecular complexity index is 720. The third-order valence-electron chi connectivity index (χ3n) is 3.96. The molecular formula is C19H22F2N2O2. The highest BCUT2D eigenvalue weighted by molar-refractivity contribution is 5.81. The van der Waals surface area contributed by atoms with Gasteiger partial charge in [0, 0.05) is 12.6 Å². The molecule has 0 aromatic heterocycles. The van der Waals surface area contributed by atoms with Crippen LogP contribution in [0.5, 0.6) is 5.75 Å². The Balaban J connectivity index is 1.87. The van der Waals surface area contributed by atoms with Gasteiger partial charge in [-0.2, -0.15) is 0 Å². The molecule has 0 unspecified atom stereocenters. The summed E-state index contributed by atoms with van der Waals surface area (Å²) in [4.78, 5) is 12.2. The zero-order valence-electron chi connectivity index (χ0n) is 14.5. The van der Waals surface area contributed by atoms with Crippen LogP contribution < -0.4 is 15.4 Å². The summed E-state index contributed by atoms with van der Waals surface area (Å²) in [7, 11) is 1.60. The van der Waals surface area contributed by atoms with E-state index in [2.05, 4.69) is 10.6 Å². The van der Waals surface area contributed by atoms with Crippen molar-refractivity contribution in [3.63, 3.8) is 0 Å². The highest BCUT2D eigenvalue weighted by Crippen LogP contribution is 2.16.